The Morgan fingerprint density at radius 1 is 1.23 bits per heavy atom. The first-order valence-corrected chi connectivity index (χ1v) is 11.5. The van der Waals surface area contributed by atoms with E-state index in [1.165, 1.54) is 23.1 Å². The molecule has 35 heavy (non-hydrogen) atoms. The van der Waals surface area contributed by atoms with Crippen LogP contribution in [0.25, 0.3) is 5.65 Å². The van der Waals surface area contributed by atoms with Crippen LogP contribution < -0.4 is 10.2 Å². The SMILES string of the molecule is CC(C)(O)CCN1Cc2cc(NC(=O)c3cnn4cc(O)cnc34)c(N3CCOCC3)cc2C1=O. The lowest BCUT2D eigenvalue weighted by Gasteiger charge is -2.31. The number of morpholine rings is 1. The lowest BCUT2D eigenvalue weighted by Crippen LogP contribution is -2.37. The van der Waals surface area contributed by atoms with Crippen LogP contribution in [-0.2, 0) is 11.3 Å². The van der Waals surface area contributed by atoms with Gasteiger partial charge in [-0.15, -0.1) is 0 Å². The minimum absolute atomic E-state index is 0.0559. The maximum absolute atomic E-state index is 13.2. The van der Waals surface area contributed by atoms with Crippen LogP contribution in [0.2, 0.25) is 0 Å². The van der Waals surface area contributed by atoms with Gasteiger partial charge in [0.2, 0.25) is 0 Å². The van der Waals surface area contributed by atoms with Crippen molar-refractivity contribution in [2.45, 2.75) is 32.4 Å². The molecule has 2 aliphatic heterocycles. The molecule has 0 bridgehead atoms. The van der Waals surface area contributed by atoms with E-state index in [0.717, 1.165) is 11.3 Å². The molecular weight excluding hydrogens is 452 g/mol. The Labute approximate surface area is 201 Å². The van der Waals surface area contributed by atoms with E-state index in [1.807, 2.05) is 12.1 Å². The molecule has 3 aromatic rings. The number of nitrogens with zero attached hydrogens (tertiary/aromatic N) is 5. The number of carbonyl (C=O) groups is 2. The number of hydrogen-bond acceptors (Lipinski definition) is 8. The van der Waals surface area contributed by atoms with Gasteiger partial charge < -0.3 is 30.1 Å². The summed E-state index contributed by atoms with van der Waals surface area (Å²) in [5.41, 5.74) is 2.48. The number of nitrogens with one attached hydrogen (secondary N) is 1. The summed E-state index contributed by atoms with van der Waals surface area (Å²) in [7, 11) is 0. The van der Waals surface area contributed by atoms with Gasteiger partial charge in [0.05, 0.1) is 48.8 Å². The smallest absolute Gasteiger partial charge is 0.261 e. The van der Waals surface area contributed by atoms with Crippen molar-refractivity contribution < 1.29 is 24.5 Å². The van der Waals surface area contributed by atoms with Crippen LogP contribution in [-0.4, -0.2) is 80.0 Å². The molecule has 11 nitrogen and oxygen atoms in total. The Morgan fingerprint density at radius 2 is 2.00 bits per heavy atom. The Kier molecular flexibility index (Phi) is 5.81. The first-order chi connectivity index (χ1) is 16.7. The van der Waals surface area contributed by atoms with Gasteiger partial charge in [-0.05, 0) is 38.0 Å². The van der Waals surface area contributed by atoms with Crippen molar-refractivity contribution >= 4 is 28.8 Å². The highest BCUT2D eigenvalue weighted by Gasteiger charge is 2.31. The van der Waals surface area contributed by atoms with Crippen molar-refractivity contribution in [3.63, 3.8) is 0 Å². The summed E-state index contributed by atoms with van der Waals surface area (Å²) in [6.45, 7) is 6.67. The number of ether oxygens (including phenoxy) is 1. The van der Waals surface area contributed by atoms with Crippen LogP contribution in [0.15, 0.2) is 30.7 Å². The lowest BCUT2D eigenvalue weighted by atomic mass is 10.1. The molecule has 184 valence electrons. The van der Waals surface area contributed by atoms with Crippen molar-refractivity contribution in [1.29, 1.82) is 0 Å². The average Bonchev–Trinajstić information content (AvgIpc) is 3.37. The number of aromatic nitrogens is 3. The zero-order chi connectivity index (χ0) is 24.7. The van der Waals surface area contributed by atoms with Crippen LogP contribution in [0, 0.1) is 0 Å². The predicted molar refractivity (Wildman–Crippen MR) is 128 cm³/mol. The second kappa shape index (κ2) is 8.82. The van der Waals surface area contributed by atoms with Gasteiger partial charge in [0.15, 0.2) is 11.4 Å². The van der Waals surface area contributed by atoms with E-state index in [2.05, 4.69) is 20.3 Å². The molecule has 11 heteroatoms. The molecule has 2 aromatic heterocycles. The molecule has 1 fully saturated rings. The third-order valence-electron chi connectivity index (χ3n) is 6.28. The van der Waals surface area contributed by atoms with Gasteiger partial charge in [-0.25, -0.2) is 9.50 Å². The second-order valence-electron chi connectivity index (χ2n) is 9.51. The largest absolute Gasteiger partial charge is 0.505 e. The van der Waals surface area contributed by atoms with E-state index in [9.17, 15) is 19.8 Å². The summed E-state index contributed by atoms with van der Waals surface area (Å²) in [5.74, 6) is -0.529. The molecule has 1 saturated heterocycles. The number of benzene rings is 1. The summed E-state index contributed by atoms with van der Waals surface area (Å²) < 4.78 is 6.83. The summed E-state index contributed by atoms with van der Waals surface area (Å²) >= 11 is 0. The van der Waals surface area contributed by atoms with Crippen molar-refractivity contribution in [3.05, 3.63) is 47.4 Å². The maximum Gasteiger partial charge on any atom is 0.261 e. The zero-order valence-corrected chi connectivity index (χ0v) is 19.7. The Bertz CT molecular complexity index is 1290. The first-order valence-electron chi connectivity index (χ1n) is 11.5. The third kappa shape index (κ3) is 4.64. The van der Waals surface area contributed by atoms with Crippen molar-refractivity contribution in [3.8, 4) is 5.75 Å². The van der Waals surface area contributed by atoms with Crippen molar-refractivity contribution in [2.75, 3.05) is 43.1 Å². The van der Waals surface area contributed by atoms with Gasteiger partial charge in [-0.3, -0.25) is 9.59 Å². The van der Waals surface area contributed by atoms with Crippen molar-refractivity contribution in [2.24, 2.45) is 0 Å². The number of hydrogen-bond donors (Lipinski definition) is 3. The fraction of sp³-hybridized carbons (Fsp3) is 0.417. The van der Waals surface area contributed by atoms with E-state index in [1.54, 1.807) is 18.7 Å². The highest BCUT2D eigenvalue weighted by molar-refractivity contribution is 6.10. The Morgan fingerprint density at radius 3 is 2.74 bits per heavy atom. The molecule has 0 atom stereocenters. The molecular formula is C24H28N6O5. The van der Waals surface area contributed by atoms with Gasteiger partial charge in [0.1, 0.15) is 5.56 Å². The summed E-state index contributed by atoms with van der Waals surface area (Å²) in [5, 5.41) is 26.8. The standard InChI is InChI=1S/C24H28N6O5/c1-24(2,34)3-4-29-13-15-9-19(20(10-17(15)23(29)33)28-5-7-35-8-6-28)27-22(32)18-12-26-30-14-16(31)11-25-21(18)30/h9-12,14,31,34H,3-8,13H2,1-2H3,(H,27,32). The minimum Gasteiger partial charge on any atom is -0.505 e. The summed E-state index contributed by atoms with van der Waals surface area (Å²) in [6.07, 6.45) is 4.50. The molecule has 0 saturated carbocycles. The predicted octanol–water partition coefficient (Wildman–Crippen LogP) is 1.64. The van der Waals surface area contributed by atoms with Gasteiger partial charge in [0.25, 0.3) is 11.8 Å². The Hall–Kier alpha value is -3.70. The molecule has 0 aliphatic carbocycles. The van der Waals surface area contributed by atoms with Gasteiger partial charge in [0, 0.05) is 31.7 Å². The van der Waals surface area contributed by atoms with Crippen LogP contribution in [0.3, 0.4) is 0 Å². The second-order valence-corrected chi connectivity index (χ2v) is 9.51. The molecule has 0 radical (unpaired) electrons. The first kappa shape index (κ1) is 23.1. The van der Waals surface area contributed by atoms with E-state index in [0.29, 0.717) is 62.7 Å². The summed E-state index contributed by atoms with van der Waals surface area (Å²) in [6, 6.07) is 3.69. The number of carbonyl (C=O) groups excluding carboxylic acids is 2. The van der Waals surface area contributed by atoms with Crippen LogP contribution in [0.4, 0.5) is 11.4 Å². The Balaban J connectivity index is 1.47. The fourth-order valence-corrected chi connectivity index (χ4v) is 4.38. The van der Waals surface area contributed by atoms with Crippen molar-refractivity contribution in [1.82, 2.24) is 19.5 Å². The number of aromatic hydroxyl groups is 1. The molecule has 3 N–H and O–H groups in total. The molecule has 5 rings (SSSR count). The molecule has 0 spiro atoms. The third-order valence-corrected chi connectivity index (χ3v) is 6.28. The highest BCUT2D eigenvalue weighted by Crippen LogP contribution is 2.35. The molecule has 0 unspecified atom stereocenters. The number of amides is 2. The highest BCUT2D eigenvalue weighted by atomic mass is 16.5. The van der Waals surface area contributed by atoms with E-state index >= 15 is 0 Å². The molecule has 2 aliphatic rings. The van der Waals surface area contributed by atoms with E-state index in [4.69, 9.17) is 4.74 Å². The fourth-order valence-electron chi connectivity index (χ4n) is 4.38. The lowest BCUT2D eigenvalue weighted by molar-refractivity contribution is 0.0517. The minimum atomic E-state index is -0.869. The van der Waals surface area contributed by atoms with E-state index in [-0.39, 0.29) is 17.2 Å². The maximum atomic E-state index is 13.2. The normalized spacial score (nSPS) is 16.1. The molecule has 1 aromatic carbocycles. The average molecular weight is 481 g/mol. The quantitative estimate of drug-likeness (QED) is 0.485. The van der Waals surface area contributed by atoms with Crippen LogP contribution >= 0.6 is 0 Å². The number of anilines is 2. The number of rotatable bonds is 6. The summed E-state index contributed by atoms with van der Waals surface area (Å²) in [4.78, 5) is 34.3. The van der Waals surface area contributed by atoms with Crippen LogP contribution in [0.5, 0.6) is 5.75 Å². The monoisotopic (exact) mass is 480 g/mol. The van der Waals surface area contributed by atoms with Gasteiger partial charge in [-0.1, -0.05) is 0 Å². The van der Waals surface area contributed by atoms with E-state index < -0.39 is 11.5 Å². The molecule has 4 heterocycles. The topological polar surface area (TPSA) is 133 Å². The number of fused-ring (bicyclic) bond motifs is 2. The molecule has 2 amide bonds. The van der Waals surface area contributed by atoms with Gasteiger partial charge in [-0.2, -0.15) is 5.10 Å². The zero-order valence-electron chi connectivity index (χ0n) is 19.7. The van der Waals surface area contributed by atoms with Crippen LogP contribution in [0.1, 0.15) is 46.5 Å². The number of aliphatic hydroxyl groups is 1. The van der Waals surface area contributed by atoms with Gasteiger partial charge >= 0.3 is 0 Å².